The maximum absolute atomic E-state index is 12.0. The monoisotopic (exact) mass is 195 g/mol. The molecule has 0 aliphatic carbocycles. The molecule has 2 nitrogen and oxygen atoms in total. The fraction of sp³-hybridized carbons (Fsp3) is 0.750. The second kappa shape index (κ2) is 4.39. The number of alkyl halides is 3. The lowest BCUT2D eigenvalue weighted by Crippen LogP contribution is -2.25. The van der Waals surface area contributed by atoms with Gasteiger partial charge in [-0.1, -0.05) is 13.8 Å². The minimum atomic E-state index is -4.32. The van der Waals surface area contributed by atoms with Gasteiger partial charge in [0, 0.05) is 12.8 Å². The molecule has 0 bridgehead atoms. The fourth-order valence-electron chi connectivity index (χ4n) is 0.749. The first kappa shape index (κ1) is 12.1. The first-order chi connectivity index (χ1) is 5.79. The second-order valence-corrected chi connectivity index (χ2v) is 2.90. The summed E-state index contributed by atoms with van der Waals surface area (Å²) in [6.45, 7) is 2.49. The molecule has 0 aliphatic heterocycles. The van der Waals surface area contributed by atoms with E-state index < -0.39 is 30.0 Å². The highest BCUT2D eigenvalue weighted by molar-refractivity contribution is 6.38. The van der Waals surface area contributed by atoms with Gasteiger partial charge in [0.1, 0.15) is 0 Å². The molecular weight excluding hydrogens is 183 g/mol. The molecule has 0 radical (unpaired) electrons. The minimum absolute atomic E-state index is 0.0867. The van der Waals surface area contributed by atoms with Crippen LogP contribution >= 0.6 is 0 Å². The number of hydrogen-bond acceptors (Lipinski definition) is 2. The van der Waals surface area contributed by atoms with Crippen LogP contribution in [0.4, 0.5) is 13.2 Å². The number of nitrogens with one attached hydrogen (secondary N) is 1. The summed E-state index contributed by atoms with van der Waals surface area (Å²) >= 11 is 0. The van der Waals surface area contributed by atoms with Crippen LogP contribution in [0.5, 0.6) is 0 Å². The standard InChI is InChI=1S/C8H12F3NO/c1-3-7(13)6(12)4-5(2)8(9,10)11/h5,12H,3-4H2,1-2H3. The van der Waals surface area contributed by atoms with Crippen molar-refractivity contribution in [2.45, 2.75) is 32.9 Å². The Morgan fingerprint density at radius 1 is 1.46 bits per heavy atom. The molecule has 13 heavy (non-hydrogen) atoms. The molecule has 0 rings (SSSR count). The molecule has 0 aromatic rings. The summed E-state index contributed by atoms with van der Waals surface area (Å²) in [5, 5.41) is 7.06. The Morgan fingerprint density at radius 3 is 2.23 bits per heavy atom. The van der Waals surface area contributed by atoms with Crippen molar-refractivity contribution in [3.63, 3.8) is 0 Å². The van der Waals surface area contributed by atoms with Crippen LogP contribution in [0.25, 0.3) is 0 Å². The van der Waals surface area contributed by atoms with Crippen molar-refractivity contribution < 1.29 is 18.0 Å². The van der Waals surface area contributed by atoms with Crippen molar-refractivity contribution in [1.82, 2.24) is 0 Å². The van der Waals surface area contributed by atoms with Crippen LogP contribution in [0.15, 0.2) is 0 Å². The van der Waals surface area contributed by atoms with Crippen LogP contribution in [-0.4, -0.2) is 17.7 Å². The lowest BCUT2D eigenvalue weighted by atomic mass is 10.0. The maximum Gasteiger partial charge on any atom is 0.391 e. The van der Waals surface area contributed by atoms with Gasteiger partial charge in [-0.2, -0.15) is 13.2 Å². The Labute approximate surface area is 74.6 Å². The van der Waals surface area contributed by atoms with E-state index in [2.05, 4.69) is 0 Å². The summed E-state index contributed by atoms with van der Waals surface area (Å²) in [6.07, 6.45) is -4.75. The van der Waals surface area contributed by atoms with Gasteiger partial charge in [0.2, 0.25) is 0 Å². The fourth-order valence-corrected chi connectivity index (χ4v) is 0.749. The summed E-state index contributed by atoms with van der Waals surface area (Å²) in [5.74, 6) is -2.13. The van der Waals surface area contributed by atoms with Crippen LogP contribution in [-0.2, 0) is 4.79 Å². The van der Waals surface area contributed by atoms with Crippen LogP contribution in [0.2, 0.25) is 0 Å². The third kappa shape index (κ3) is 4.05. The van der Waals surface area contributed by atoms with E-state index in [4.69, 9.17) is 5.41 Å². The molecule has 0 heterocycles. The predicted molar refractivity (Wildman–Crippen MR) is 42.9 cm³/mol. The molecule has 0 aromatic carbocycles. The summed E-state index contributed by atoms with van der Waals surface area (Å²) in [6, 6.07) is 0. The van der Waals surface area contributed by atoms with Crippen LogP contribution in [0.3, 0.4) is 0 Å². The quantitative estimate of drug-likeness (QED) is 0.688. The van der Waals surface area contributed by atoms with Crippen molar-refractivity contribution >= 4 is 11.5 Å². The number of ketones is 1. The Hall–Kier alpha value is -0.870. The molecule has 5 heteroatoms. The molecule has 1 atom stereocenters. The van der Waals surface area contributed by atoms with E-state index in [0.717, 1.165) is 6.92 Å². The van der Waals surface area contributed by atoms with Crippen LogP contribution < -0.4 is 0 Å². The third-order valence-corrected chi connectivity index (χ3v) is 1.73. The summed E-state index contributed by atoms with van der Waals surface area (Å²) in [7, 11) is 0. The molecule has 0 saturated heterocycles. The van der Waals surface area contributed by atoms with Gasteiger partial charge in [0.15, 0.2) is 5.78 Å². The number of halogens is 3. The smallest absolute Gasteiger partial charge is 0.302 e. The van der Waals surface area contributed by atoms with E-state index in [9.17, 15) is 18.0 Å². The molecular formula is C8H12F3NO. The summed E-state index contributed by atoms with van der Waals surface area (Å²) in [5.41, 5.74) is -0.438. The highest BCUT2D eigenvalue weighted by Crippen LogP contribution is 2.28. The molecule has 0 amide bonds. The van der Waals surface area contributed by atoms with Gasteiger partial charge in [-0.05, 0) is 0 Å². The first-order valence-electron chi connectivity index (χ1n) is 3.96. The van der Waals surface area contributed by atoms with E-state index >= 15 is 0 Å². The number of carbonyl (C=O) groups is 1. The van der Waals surface area contributed by atoms with Crippen molar-refractivity contribution in [3.8, 4) is 0 Å². The highest BCUT2D eigenvalue weighted by Gasteiger charge is 2.36. The van der Waals surface area contributed by atoms with Crippen molar-refractivity contribution in [1.29, 1.82) is 5.41 Å². The van der Waals surface area contributed by atoms with Gasteiger partial charge in [-0.15, -0.1) is 0 Å². The Bertz CT molecular complexity index is 210. The molecule has 1 N–H and O–H groups in total. The van der Waals surface area contributed by atoms with Crippen LogP contribution in [0.1, 0.15) is 26.7 Å². The molecule has 0 saturated carbocycles. The van der Waals surface area contributed by atoms with Gasteiger partial charge in [0.25, 0.3) is 0 Å². The number of carbonyl (C=O) groups excluding carboxylic acids is 1. The number of Topliss-reactive ketones (excluding diaryl/α,β-unsaturated/α-hetero) is 1. The molecule has 1 unspecified atom stereocenters. The average Bonchev–Trinajstić information content (AvgIpc) is 2.01. The lowest BCUT2D eigenvalue weighted by Gasteiger charge is -2.14. The largest absolute Gasteiger partial charge is 0.391 e. The van der Waals surface area contributed by atoms with Gasteiger partial charge in [-0.3, -0.25) is 4.79 Å². The highest BCUT2D eigenvalue weighted by atomic mass is 19.4. The zero-order valence-corrected chi connectivity index (χ0v) is 7.53. The molecule has 0 spiro atoms. The van der Waals surface area contributed by atoms with Crippen molar-refractivity contribution in [3.05, 3.63) is 0 Å². The predicted octanol–water partition coefficient (Wildman–Crippen LogP) is 2.57. The second-order valence-electron chi connectivity index (χ2n) is 2.90. The Kier molecular flexibility index (Phi) is 4.10. The third-order valence-electron chi connectivity index (χ3n) is 1.73. The van der Waals surface area contributed by atoms with E-state index in [1.165, 1.54) is 6.92 Å². The van der Waals surface area contributed by atoms with E-state index in [1.807, 2.05) is 0 Å². The molecule has 0 aromatic heterocycles. The van der Waals surface area contributed by atoms with Gasteiger partial charge < -0.3 is 5.41 Å². The first-order valence-corrected chi connectivity index (χ1v) is 3.96. The van der Waals surface area contributed by atoms with Crippen molar-refractivity contribution in [2.75, 3.05) is 0 Å². The topological polar surface area (TPSA) is 40.9 Å². The zero-order chi connectivity index (χ0) is 10.6. The average molecular weight is 195 g/mol. The van der Waals surface area contributed by atoms with E-state index in [0.29, 0.717) is 0 Å². The van der Waals surface area contributed by atoms with Crippen molar-refractivity contribution in [2.24, 2.45) is 5.92 Å². The molecule has 0 fully saturated rings. The molecule has 76 valence electrons. The van der Waals surface area contributed by atoms with Gasteiger partial charge >= 0.3 is 6.18 Å². The summed E-state index contributed by atoms with van der Waals surface area (Å²) < 4.78 is 35.9. The van der Waals surface area contributed by atoms with Crippen LogP contribution in [0, 0.1) is 11.3 Å². The SMILES string of the molecule is CCC(=O)C(=N)CC(C)C(F)(F)F. The summed E-state index contributed by atoms with van der Waals surface area (Å²) in [4.78, 5) is 10.8. The minimum Gasteiger partial charge on any atom is -0.302 e. The maximum atomic E-state index is 12.0. The molecule has 0 aliphatic rings. The Balaban J connectivity index is 4.15. The van der Waals surface area contributed by atoms with E-state index in [1.54, 1.807) is 0 Å². The number of hydrogen-bond donors (Lipinski definition) is 1. The Morgan fingerprint density at radius 2 is 1.92 bits per heavy atom. The number of rotatable bonds is 4. The zero-order valence-electron chi connectivity index (χ0n) is 7.53. The van der Waals surface area contributed by atoms with Gasteiger partial charge in [-0.25, -0.2) is 0 Å². The normalized spacial score (nSPS) is 13.9. The lowest BCUT2D eigenvalue weighted by molar-refractivity contribution is -0.167. The van der Waals surface area contributed by atoms with E-state index in [-0.39, 0.29) is 6.42 Å². The van der Waals surface area contributed by atoms with Gasteiger partial charge in [0.05, 0.1) is 11.6 Å².